The van der Waals surface area contributed by atoms with Crippen LogP contribution in [0.15, 0.2) is 241 Å². The highest BCUT2D eigenvalue weighted by atomic mass is 32.2. The molecule has 0 unspecified atom stereocenters. The summed E-state index contributed by atoms with van der Waals surface area (Å²) in [6, 6.07) is 81.6. The van der Waals surface area contributed by atoms with Gasteiger partial charge in [0.25, 0.3) is 0 Å². The van der Waals surface area contributed by atoms with Gasteiger partial charge in [-0.15, -0.1) is 0 Å². The van der Waals surface area contributed by atoms with E-state index in [-0.39, 0.29) is 0 Å². The number of rotatable bonds is 4. The van der Waals surface area contributed by atoms with E-state index in [1.165, 1.54) is 64.5 Å². The highest BCUT2D eigenvalue weighted by Gasteiger charge is 2.52. The number of hydrogen-bond donors (Lipinski definition) is 0. The Morgan fingerprint density at radius 3 is 1.33 bits per heavy atom. The van der Waals surface area contributed by atoms with Gasteiger partial charge in [0.15, 0.2) is 0 Å². The van der Waals surface area contributed by atoms with Gasteiger partial charge in [-0.3, -0.25) is 9.97 Å². The lowest BCUT2D eigenvalue weighted by atomic mass is 9.67. The van der Waals surface area contributed by atoms with Crippen molar-refractivity contribution in [3.8, 4) is 45.6 Å². The molecule has 14 aromatic rings. The van der Waals surface area contributed by atoms with E-state index in [0.717, 1.165) is 72.5 Å². The van der Waals surface area contributed by atoms with Gasteiger partial charge in [0.05, 0.1) is 61.5 Å². The van der Waals surface area contributed by atoms with E-state index in [1.54, 1.807) is 0 Å². The molecule has 7 heteroatoms. The fourth-order valence-corrected chi connectivity index (χ4v) is 13.8. The summed E-state index contributed by atoms with van der Waals surface area (Å²) in [7, 11) is 0. The first-order chi connectivity index (χ1) is 36.2. The molecule has 1 aliphatic heterocycles. The van der Waals surface area contributed by atoms with Crippen LogP contribution in [0.2, 0.25) is 0 Å². The first kappa shape index (κ1) is 40.3. The maximum Gasteiger partial charge on any atom is 0.0991 e. The van der Waals surface area contributed by atoms with Crippen molar-refractivity contribution in [2.75, 3.05) is 0 Å². The molecule has 9 aromatic carbocycles. The Hall–Kier alpha value is -9.48. The Labute approximate surface area is 423 Å². The second-order valence-corrected chi connectivity index (χ2v) is 20.3. The van der Waals surface area contributed by atoms with E-state index in [2.05, 4.69) is 226 Å². The summed E-state index contributed by atoms with van der Waals surface area (Å²) in [5, 5.41) is 17.3. The van der Waals surface area contributed by atoms with Gasteiger partial charge in [-0.1, -0.05) is 109 Å². The van der Waals surface area contributed by atoms with E-state index in [9.17, 15) is 5.26 Å². The van der Waals surface area contributed by atoms with Gasteiger partial charge in [-0.2, -0.15) is 5.26 Å². The summed E-state index contributed by atoms with van der Waals surface area (Å²) in [5.74, 6) is 0. The molecular weight excluding hydrogens is 909 g/mol. The van der Waals surface area contributed by atoms with Gasteiger partial charge >= 0.3 is 0 Å². The fraction of sp³-hybridized carbons (Fsp3) is 0.0152. The summed E-state index contributed by atoms with van der Waals surface area (Å²) in [6.45, 7) is 0. The summed E-state index contributed by atoms with van der Waals surface area (Å²) < 4.78 is 7.11. The number of hydrogen-bond acceptors (Lipinski definition) is 4. The van der Waals surface area contributed by atoms with Crippen LogP contribution in [0.3, 0.4) is 0 Å². The monoisotopic (exact) mass is 946 g/mol. The maximum absolute atomic E-state index is 10.2. The first-order valence-electron chi connectivity index (χ1n) is 24.6. The minimum Gasteiger partial charge on any atom is -0.309 e. The topological polar surface area (TPSA) is 64.4 Å². The van der Waals surface area contributed by atoms with Crippen molar-refractivity contribution >= 4 is 77.2 Å². The van der Waals surface area contributed by atoms with Crippen LogP contribution in [-0.4, -0.2) is 23.7 Å². The Kier molecular flexibility index (Phi) is 8.28. The molecule has 0 bridgehead atoms. The lowest BCUT2D eigenvalue weighted by molar-refractivity contribution is 0.718. The van der Waals surface area contributed by atoms with Crippen molar-refractivity contribution in [2.24, 2.45) is 0 Å². The largest absolute Gasteiger partial charge is 0.309 e. The number of benzene rings is 9. The van der Waals surface area contributed by atoms with Crippen LogP contribution >= 0.6 is 11.8 Å². The van der Waals surface area contributed by atoms with E-state index in [4.69, 9.17) is 9.97 Å². The summed E-state index contributed by atoms with van der Waals surface area (Å²) in [5.41, 5.74) is 18.8. The molecule has 6 heterocycles. The van der Waals surface area contributed by atoms with E-state index < -0.39 is 5.41 Å². The number of fused-ring (bicyclic) bond motifs is 18. The van der Waals surface area contributed by atoms with E-state index in [0.29, 0.717) is 5.56 Å². The highest BCUT2D eigenvalue weighted by molar-refractivity contribution is 7.99. The zero-order valence-electron chi connectivity index (χ0n) is 39.0. The van der Waals surface area contributed by atoms with Crippen LogP contribution in [0.1, 0.15) is 27.8 Å². The number of aromatic nitrogens is 5. The SMILES string of the molecule is N#Cc1ccc2c(c1)c1cc(-c3ccc4c(c3)C3(c5cc(-n6c7ccccc7c7ccccc76)ccc5S4)c4cccnc4-c4ncccc43)ccc1n2-c1ccc(-n2c3ccccc3c3ccccc32)cc1. The lowest BCUT2D eigenvalue weighted by Gasteiger charge is -2.39. The van der Waals surface area contributed by atoms with Gasteiger partial charge in [-0.25, -0.2) is 0 Å². The van der Waals surface area contributed by atoms with Crippen molar-refractivity contribution in [3.05, 3.63) is 259 Å². The van der Waals surface area contributed by atoms with Gasteiger partial charge in [0.2, 0.25) is 0 Å². The maximum atomic E-state index is 10.2. The first-order valence-corrected chi connectivity index (χ1v) is 25.4. The predicted octanol–water partition coefficient (Wildman–Crippen LogP) is 16.1. The average molecular weight is 947 g/mol. The van der Waals surface area contributed by atoms with Crippen LogP contribution in [0, 0.1) is 11.3 Å². The molecule has 0 atom stereocenters. The smallest absolute Gasteiger partial charge is 0.0991 e. The van der Waals surface area contributed by atoms with Crippen LogP contribution in [0.5, 0.6) is 0 Å². The quantitative estimate of drug-likeness (QED) is 0.176. The Morgan fingerprint density at radius 2 is 0.781 bits per heavy atom. The Balaban J connectivity index is 0.883. The van der Waals surface area contributed by atoms with Crippen LogP contribution in [0.25, 0.3) is 105 Å². The molecule has 0 saturated heterocycles. The van der Waals surface area contributed by atoms with Gasteiger partial charge in [0, 0.05) is 71.6 Å². The molecule has 6 nitrogen and oxygen atoms in total. The van der Waals surface area contributed by atoms with Crippen molar-refractivity contribution in [3.63, 3.8) is 0 Å². The summed E-state index contributed by atoms with van der Waals surface area (Å²) >= 11 is 1.83. The molecule has 0 radical (unpaired) electrons. The van der Waals surface area contributed by atoms with E-state index in [1.807, 2.05) is 36.3 Å². The number of para-hydroxylation sites is 4. The Bertz CT molecular complexity index is 4590. The average Bonchev–Trinajstić information content (AvgIpc) is 4.22. The molecule has 5 aromatic heterocycles. The van der Waals surface area contributed by atoms with Gasteiger partial charge < -0.3 is 13.7 Å². The molecule has 73 heavy (non-hydrogen) atoms. The molecule has 0 amide bonds. The van der Waals surface area contributed by atoms with Crippen LogP contribution < -0.4 is 0 Å². The standard InChI is InChI=1S/C66H38N6S/c67-39-40-21-29-60-50(35-40)51-36-41(22-30-61(51)71(60)44-26-24-43(25-27-44)70-56-17-5-1-11-46(56)47-12-2-6-18-57(47)70)42-23-31-62-54(37-42)66(52-15-9-33-68-64(52)65-53(66)16-10-34-69-65)55-38-45(28-32-63(55)73-62)72-58-19-7-3-13-48(58)49-14-4-8-20-59(49)72/h1-38H. The fourth-order valence-electron chi connectivity index (χ4n) is 12.6. The zero-order valence-corrected chi connectivity index (χ0v) is 39.8. The van der Waals surface area contributed by atoms with Crippen LogP contribution in [-0.2, 0) is 5.41 Å². The number of nitrogens with zero attached hydrogens (tertiary/aromatic N) is 6. The molecular formula is C66H38N6S. The third-order valence-corrected chi connectivity index (χ3v) is 16.8. The van der Waals surface area contributed by atoms with Crippen molar-refractivity contribution in [1.29, 1.82) is 5.26 Å². The predicted molar refractivity (Wildman–Crippen MR) is 297 cm³/mol. The summed E-state index contributed by atoms with van der Waals surface area (Å²) in [6.07, 6.45) is 3.79. The van der Waals surface area contributed by atoms with E-state index >= 15 is 0 Å². The Morgan fingerprint density at radius 1 is 0.356 bits per heavy atom. The van der Waals surface area contributed by atoms with Crippen molar-refractivity contribution < 1.29 is 0 Å². The third kappa shape index (κ3) is 5.47. The van der Waals surface area contributed by atoms with Gasteiger partial charge in [0.1, 0.15) is 0 Å². The minimum absolute atomic E-state index is 0.631. The van der Waals surface area contributed by atoms with Gasteiger partial charge in [-0.05, 0) is 155 Å². The van der Waals surface area contributed by atoms with Crippen molar-refractivity contribution in [2.45, 2.75) is 15.2 Å². The van der Waals surface area contributed by atoms with Crippen molar-refractivity contribution in [1.82, 2.24) is 23.7 Å². The molecule has 1 spiro atoms. The molecule has 2 aliphatic rings. The van der Waals surface area contributed by atoms with Crippen LogP contribution in [0.4, 0.5) is 0 Å². The normalized spacial score (nSPS) is 13.2. The second kappa shape index (κ2) is 15.0. The highest BCUT2D eigenvalue weighted by Crippen LogP contribution is 2.62. The molecule has 0 saturated carbocycles. The molecule has 16 rings (SSSR count). The molecule has 338 valence electrons. The molecule has 1 aliphatic carbocycles. The number of nitriles is 1. The lowest BCUT2D eigenvalue weighted by Crippen LogP contribution is -2.32. The minimum atomic E-state index is -0.707. The number of pyridine rings is 2. The molecule has 0 N–H and O–H groups in total. The molecule has 0 fully saturated rings. The third-order valence-electron chi connectivity index (χ3n) is 15.6. The zero-order chi connectivity index (χ0) is 47.9. The second-order valence-electron chi connectivity index (χ2n) is 19.2. The summed E-state index contributed by atoms with van der Waals surface area (Å²) in [4.78, 5) is 12.6.